The normalized spacial score (nSPS) is 14.4. The molecule has 0 N–H and O–H groups in total. The van der Waals surface area contributed by atoms with E-state index in [9.17, 15) is 9.59 Å². The van der Waals surface area contributed by atoms with Crippen molar-refractivity contribution in [2.24, 2.45) is 0 Å². The summed E-state index contributed by atoms with van der Waals surface area (Å²) in [6.07, 6.45) is 5.05. The summed E-state index contributed by atoms with van der Waals surface area (Å²) in [5.41, 5.74) is 1.50. The molecule has 4 rings (SSSR count). The molecule has 3 aromatic rings. The van der Waals surface area contributed by atoms with Gasteiger partial charge >= 0.3 is 0 Å². The van der Waals surface area contributed by atoms with E-state index in [1.165, 1.54) is 6.26 Å². The van der Waals surface area contributed by atoms with E-state index in [2.05, 4.69) is 21.0 Å². The largest absolute Gasteiger partial charge is 0.459 e. The maximum atomic E-state index is 12.7. The van der Waals surface area contributed by atoms with Crippen molar-refractivity contribution in [2.45, 2.75) is 0 Å². The predicted octanol–water partition coefficient (Wildman–Crippen LogP) is 2.83. The number of carbonyl (C=O) groups excluding carboxylic acids is 2. The Balaban J connectivity index is 1.38. The summed E-state index contributed by atoms with van der Waals surface area (Å²) >= 11 is 3.37. The lowest BCUT2D eigenvalue weighted by atomic mass is 10.1. The minimum atomic E-state index is -0.137. The topological polar surface area (TPSA) is 71.6 Å². The Hall–Kier alpha value is -2.87. The van der Waals surface area contributed by atoms with Crippen molar-refractivity contribution in [2.75, 3.05) is 26.2 Å². The van der Waals surface area contributed by atoms with E-state index < -0.39 is 0 Å². The highest BCUT2D eigenvalue weighted by Crippen LogP contribution is 2.16. The molecule has 1 aliphatic heterocycles. The maximum absolute atomic E-state index is 12.7. The fourth-order valence-corrected chi connectivity index (χ4v) is 3.34. The Bertz CT molecular complexity index is 942. The Labute approximate surface area is 164 Å². The summed E-state index contributed by atoms with van der Waals surface area (Å²) in [6.45, 7) is 1.98. The number of benzene rings is 1. The Kier molecular flexibility index (Phi) is 4.81. The van der Waals surface area contributed by atoms with Gasteiger partial charge in [0.1, 0.15) is 0 Å². The van der Waals surface area contributed by atoms with Crippen LogP contribution in [-0.4, -0.2) is 57.6 Å². The molecule has 1 saturated heterocycles. The van der Waals surface area contributed by atoms with Crippen LogP contribution in [0.25, 0.3) is 5.69 Å². The van der Waals surface area contributed by atoms with Crippen molar-refractivity contribution >= 4 is 27.7 Å². The minimum absolute atomic E-state index is 0.0340. The average molecular weight is 429 g/mol. The van der Waals surface area contributed by atoms with Crippen LogP contribution in [0.4, 0.5) is 0 Å². The number of hydrogen-bond donors (Lipinski definition) is 0. The van der Waals surface area contributed by atoms with E-state index in [4.69, 9.17) is 4.42 Å². The van der Waals surface area contributed by atoms with Gasteiger partial charge in [0.15, 0.2) is 5.76 Å². The van der Waals surface area contributed by atoms with Crippen LogP contribution in [0.2, 0.25) is 0 Å². The number of nitrogens with zero attached hydrogens (tertiary/aromatic N) is 4. The zero-order chi connectivity index (χ0) is 18.8. The predicted molar refractivity (Wildman–Crippen MR) is 102 cm³/mol. The van der Waals surface area contributed by atoms with Gasteiger partial charge in [-0.2, -0.15) is 5.10 Å². The molecule has 2 amide bonds. The zero-order valence-electron chi connectivity index (χ0n) is 14.4. The van der Waals surface area contributed by atoms with Gasteiger partial charge in [0.05, 0.1) is 22.6 Å². The second kappa shape index (κ2) is 7.40. The number of furan rings is 1. The maximum Gasteiger partial charge on any atom is 0.289 e. The number of amides is 2. The van der Waals surface area contributed by atoms with Gasteiger partial charge in [0, 0.05) is 37.9 Å². The number of halogens is 1. The molecule has 27 heavy (non-hydrogen) atoms. The first-order valence-electron chi connectivity index (χ1n) is 8.54. The number of rotatable bonds is 3. The SMILES string of the molecule is O=C(c1ccc(-n2cc(Br)cn2)cc1)N1CCN(C(=O)c2ccco2)CC1. The lowest BCUT2D eigenvalue weighted by molar-refractivity contribution is 0.0518. The number of hydrogen-bond acceptors (Lipinski definition) is 4. The Morgan fingerprint density at radius 1 is 0.963 bits per heavy atom. The van der Waals surface area contributed by atoms with Crippen LogP contribution in [0.3, 0.4) is 0 Å². The van der Waals surface area contributed by atoms with E-state index in [1.807, 2.05) is 18.3 Å². The van der Waals surface area contributed by atoms with Crippen molar-refractivity contribution < 1.29 is 14.0 Å². The van der Waals surface area contributed by atoms with Crippen molar-refractivity contribution in [3.63, 3.8) is 0 Å². The highest BCUT2D eigenvalue weighted by Gasteiger charge is 2.26. The highest BCUT2D eigenvalue weighted by atomic mass is 79.9. The molecule has 0 radical (unpaired) electrons. The second-order valence-electron chi connectivity index (χ2n) is 6.21. The third-order valence-electron chi connectivity index (χ3n) is 4.52. The van der Waals surface area contributed by atoms with Crippen LogP contribution < -0.4 is 0 Å². The van der Waals surface area contributed by atoms with Gasteiger partial charge in [-0.1, -0.05) is 0 Å². The molecule has 0 aliphatic carbocycles. The first kappa shape index (κ1) is 17.5. The van der Waals surface area contributed by atoms with Gasteiger partial charge in [0.25, 0.3) is 11.8 Å². The molecule has 0 spiro atoms. The summed E-state index contributed by atoms with van der Waals surface area (Å²) in [7, 11) is 0. The second-order valence-corrected chi connectivity index (χ2v) is 7.13. The molecule has 1 aromatic carbocycles. The monoisotopic (exact) mass is 428 g/mol. The van der Waals surface area contributed by atoms with E-state index >= 15 is 0 Å². The van der Waals surface area contributed by atoms with Crippen LogP contribution in [0, 0.1) is 0 Å². The molecule has 1 aliphatic rings. The molecule has 7 nitrogen and oxygen atoms in total. The molecule has 3 heterocycles. The minimum Gasteiger partial charge on any atom is -0.459 e. The van der Waals surface area contributed by atoms with Crippen LogP contribution in [-0.2, 0) is 0 Å². The summed E-state index contributed by atoms with van der Waals surface area (Å²) in [5, 5.41) is 4.23. The van der Waals surface area contributed by atoms with Crippen LogP contribution in [0.15, 0.2) is 63.9 Å². The van der Waals surface area contributed by atoms with Gasteiger partial charge in [-0.3, -0.25) is 9.59 Å². The fraction of sp³-hybridized carbons (Fsp3) is 0.211. The van der Waals surface area contributed by atoms with Crippen molar-refractivity contribution in [1.82, 2.24) is 19.6 Å². The zero-order valence-corrected chi connectivity index (χ0v) is 16.0. The molecule has 0 bridgehead atoms. The molecular formula is C19H17BrN4O3. The standard InChI is InChI=1S/C19H17BrN4O3/c20-15-12-21-24(13-15)16-5-3-14(4-6-16)18(25)22-7-9-23(10-8-22)19(26)17-2-1-11-27-17/h1-6,11-13H,7-10H2. The highest BCUT2D eigenvalue weighted by molar-refractivity contribution is 9.10. The Morgan fingerprint density at radius 3 is 2.19 bits per heavy atom. The lowest BCUT2D eigenvalue weighted by Crippen LogP contribution is -2.50. The third-order valence-corrected chi connectivity index (χ3v) is 4.93. The summed E-state index contributed by atoms with van der Waals surface area (Å²) < 4.78 is 7.79. The van der Waals surface area contributed by atoms with Crippen LogP contribution >= 0.6 is 15.9 Å². The van der Waals surface area contributed by atoms with Gasteiger partial charge in [-0.15, -0.1) is 0 Å². The molecule has 138 valence electrons. The Morgan fingerprint density at radius 2 is 1.63 bits per heavy atom. The first-order chi connectivity index (χ1) is 13.1. The molecule has 0 saturated carbocycles. The van der Waals surface area contributed by atoms with Crippen molar-refractivity contribution in [3.05, 3.63) is 70.9 Å². The lowest BCUT2D eigenvalue weighted by Gasteiger charge is -2.34. The van der Waals surface area contributed by atoms with Crippen LogP contribution in [0.5, 0.6) is 0 Å². The van der Waals surface area contributed by atoms with Gasteiger partial charge < -0.3 is 14.2 Å². The van der Waals surface area contributed by atoms with Crippen molar-refractivity contribution in [1.29, 1.82) is 0 Å². The smallest absolute Gasteiger partial charge is 0.289 e. The van der Waals surface area contributed by atoms with Crippen LogP contribution in [0.1, 0.15) is 20.9 Å². The number of carbonyl (C=O) groups is 2. The van der Waals surface area contributed by atoms with Gasteiger partial charge in [-0.05, 0) is 52.3 Å². The van der Waals surface area contributed by atoms with E-state index in [-0.39, 0.29) is 11.8 Å². The summed E-state index contributed by atoms with van der Waals surface area (Å²) in [5.74, 6) is 0.158. The number of aromatic nitrogens is 2. The van der Waals surface area contributed by atoms with E-state index in [1.54, 1.807) is 44.9 Å². The fourth-order valence-electron chi connectivity index (χ4n) is 3.05. The van der Waals surface area contributed by atoms with E-state index in [0.717, 1.165) is 10.2 Å². The molecule has 8 heteroatoms. The third kappa shape index (κ3) is 3.66. The molecule has 0 atom stereocenters. The first-order valence-corrected chi connectivity index (χ1v) is 9.34. The molecule has 0 unspecified atom stereocenters. The molecular weight excluding hydrogens is 412 g/mol. The average Bonchev–Trinajstić information content (AvgIpc) is 3.39. The number of piperazine rings is 1. The van der Waals surface area contributed by atoms with Crippen molar-refractivity contribution in [3.8, 4) is 5.69 Å². The molecule has 2 aromatic heterocycles. The van der Waals surface area contributed by atoms with Gasteiger partial charge in [0.2, 0.25) is 0 Å². The quantitative estimate of drug-likeness (QED) is 0.642. The van der Waals surface area contributed by atoms with E-state index in [0.29, 0.717) is 37.5 Å². The molecule has 1 fully saturated rings. The van der Waals surface area contributed by atoms with Gasteiger partial charge in [-0.25, -0.2) is 4.68 Å². The summed E-state index contributed by atoms with van der Waals surface area (Å²) in [4.78, 5) is 28.5. The summed E-state index contributed by atoms with van der Waals surface area (Å²) in [6, 6.07) is 10.7.